The Balaban J connectivity index is 1.50. The van der Waals surface area contributed by atoms with E-state index in [0.717, 1.165) is 22.3 Å². The van der Waals surface area contributed by atoms with Crippen molar-refractivity contribution in [1.29, 1.82) is 0 Å². The zero-order chi connectivity index (χ0) is 25.3. The smallest absolute Gasteiger partial charge is 0.407 e. The average molecular weight is 491 g/mol. The Morgan fingerprint density at radius 1 is 0.829 bits per heavy atom. The number of benzene rings is 3. The molecule has 1 amide bonds. The predicted octanol–water partition coefficient (Wildman–Crippen LogP) is 5.31. The number of aliphatic carboxylic acids is 1. The van der Waals surface area contributed by atoms with Crippen molar-refractivity contribution in [1.82, 2.24) is 5.32 Å². The van der Waals surface area contributed by atoms with Gasteiger partial charge in [0.05, 0.1) is 6.42 Å². The lowest BCUT2D eigenvalue weighted by atomic mass is 9.98. The molecule has 0 unspecified atom stereocenters. The fraction of sp³-hybridized carbons (Fsp3) is 0.200. The molecule has 0 bridgehead atoms. The molecule has 182 valence electrons. The number of ether oxygens (including phenoxy) is 1. The van der Waals surface area contributed by atoms with Gasteiger partial charge in [0.15, 0.2) is 23.3 Å². The molecule has 2 N–H and O–H groups in total. The Labute approximate surface area is 196 Å². The number of rotatable bonds is 7. The van der Waals surface area contributed by atoms with Gasteiger partial charge in [-0.1, -0.05) is 48.5 Å². The van der Waals surface area contributed by atoms with Crippen molar-refractivity contribution in [3.8, 4) is 11.1 Å². The maximum Gasteiger partial charge on any atom is 0.407 e. The summed E-state index contributed by atoms with van der Waals surface area (Å²) in [7, 11) is 0. The third-order valence-electron chi connectivity index (χ3n) is 5.84. The minimum atomic E-state index is -2.33. The van der Waals surface area contributed by atoms with Crippen LogP contribution in [-0.2, 0) is 16.0 Å². The Morgan fingerprint density at radius 3 is 1.83 bits per heavy atom. The zero-order valence-electron chi connectivity index (χ0n) is 18.0. The van der Waals surface area contributed by atoms with E-state index in [1.165, 1.54) is 0 Å². The highest BCUT2D eigenvalue weighted by atomic mass is 19.2. The highest BCUT2D eigenvalue weighted by Crippen LogP contribution is 2.44. The molecular formula is C25H18F5NO4. The number of amides is 1. The van der Waals surface area contributed by atoms with Crippen LogP contribution >= 0.6 is 0 Å². The Bertz CT molecular complexity index is 1240. The monoisotopic (exact) mass is 491 g/mol. The van der Waals surface area contributed by atoms with Crippen LogP contribution in [0.4, 0.5) is 26.7 Å². The van der Waals surface area contributed by atoms with Gasteiger partial charge in [-0.2, -0.15) is 0 Å². The van der Waals surface area contributed by atoms with Gasteiger partial charge in [-0.05, 0) is 28.7 Å². The van der Waals surface area contributed by atoms with Crippen molar-refractivity contribution in [2.75, 3.05) is 6.61 Å². The van der Waals surface area contributed by atoms with Crippen LogP contribution in [0.25, 0.3) is 11.1 Å². The molecule has 0 fully saturated rings. The van der Waals surface area contributed by atoms with Gasteiger partial charge in [0.1, 0.15) is 6.61 Å². The van der Waals surface area contributed by atoms with E-state index in [1.807, 2.05) is 48.5 Å². The summed E-state index contributed by atoms with van der Waals surface area (Å²) in [6.07, 6.45) is -2.90. The molecule has 0 aromatic heterocycles. The molecule has 0 aliphatic heterocycles. The van der Waals surface area contributed by atoms with Crippen LogP contribution in [0.2, 0.25) is 0 Å². The third kappa shape index (κ3) is 4.68. The molecule has 3 aromatic rings. The van der Waals surface area contributed by atoms with E-state index < -0.39 is 65.6 Å². The predicted molar refractivity (Wildman–Crippen MR) is 114 cm³/mol. The summed E-state index contributed by atoms with van der Waals surface area (Å²) in [6, 6.07) is 13.6. The molecule has 4 rings (SSSR count). The van der Waals surface area contributed by atoms with Crippen LogP contribution < -0.4 is 5.32 Å². The summed E-state index contributed by atoms with van der Waals surface area (Å²) < 4.78 is 73.7. The summed E-state index contributed by atoms with van der Waals surface area (Å²) in [5, 5.41) is 11.3. The van der Waals surface area contributed by atoms with Gasteiger partial charge in [-0.15, -0.1) is 0 Å². The van der Waals surface area contributed by atoms with Gasteiger partial charge in [-0.25, -0.2) is 26.7 Å². The van der Waals surface area contributed by atoms with Crippen molar-refractivity contribution in [2.45, 2.75) is 24.8 Å². The van der Waals surface area contributed by atoms with Crippen molar-refractivity contribution in [3.63, 3.8) is 0 Å². The second-order valence-electron chi connectivity index (χ2n) is 8.02. The molecule has 1 aliphatic carbocycles. The standard InChI is InChI=1S/C25H18F5NO4/c26-20-17(21(27)23(29)24(30)22(20)28)9-12(10-19(32)33)31-25(34)35-11-18-15-7-3-1-5-13(15)14-6-2-4-8-16(14)18/h1-8,12,18H,9-11H2,(H,31,34)(H,32,33)/t12-/m1/s1. The molecular weight excluding hydrogens is 473 g/mol. The molecule has 0 spiro atoms. The lowest BCUT2D eigenvalue weighted by molar-refractivity contribution is -0.137. The van der Waals surface area contributed by atoms with E-state index in [9.17, 15) is 31.5 Å². The maximum absolute atomic E-state index is 14.1. The SMILES string of the molecule is O=C(O)C[C@@H](Cc1c(F)c(F)c(F)c(F)c1F)NC(=O)OCC1c2ccccc2-c2ccccc21. The summed E-state index contributed by atoms with van der Waals surface area (Å²) in [6.45, 7) is -0.123. The summed E-state index contributed by atoms with van der Waals surface area (Å²) >= 11 is 0. The molecule has 1 aliphatic rings. The number of carboxylic acid groups (broad SMARTS) is 1. The van der Waals surface area contributed by atoms with Crippen molar-refractivity contribution in [2.24, 2.45) is 0 Å². The first kappa shape index (κ1) is 24.2. The first-order valence-electron chi connectivity index (χ1n) is 10.5. The number of halogens is 5. The molecule has 0 saturated heterocycles. The van der Waals surface area contributed by atoms with Gasteiger partial charge >= 0.3 is 12.1 Å². The van der Waals surface area contributed by atoms with E-state index in [4.69, 9.17) is 9.84 Å². The topological polar surface area (TPSA) is 75.6 Å². The summed E-state index contributed by atoms with van der Waals surface area (Å²) in [4.78, 5) is 23.6. The number of hydrogen-bond acceptors (Lipinski definition) is 3. The number of hydrogen-bond donors (Lipinski definition) is 2. The summed E-state index contributed by atoms with van der Waals surface area (Å²) in [5.41, 5.74) is 2.57. The molecule has 35 heavy (non-hydrogen) atoms. The fourth-order valence-corrected chi connectivity index (χ4v) is 4.27. The fourth-order valence-electron chi connectivity index (χ4n) is 4.27. The molecule has 0 radical (unpaired) electrons. The highest BCUT2D eigenvalue weighted by Gasteiger charge is 2.31. The number of alkyl carbamates (subject to hydrolysis) is 1. The summed E-state index contributed by atoms with van der Waals surface area (Å²) in [5.74, 6) is -12.6. The van der Waals surface area contributed by atoms with E-state index >= 15 is 0 Å². The van der Waals surface area contributed by atoms with E-state index in [-0.39, 0.29) is 12.5 Å². The lowest BCUT2D eigenvalue weighted by Gasteiger charge is -2.20. The lowest BCUT2D eigenvalue weighted by Crippen LogP contribution is -2.39. The Hall–Kier alpha value is -3.95. The van der Waals surface area contributed by atoms with Crippen LogP contribution in [0.5, 0.6) is 0 Å². The minimum Gasteiger partial charge on any atom is -0.481 e. The van der Waals surface area contributed by atoms with Gasteiger partial charge in [0.2, 0.25) is 5.82 Å². The van der Waals surface area contributed by atoms with Gasteiger partial charge < -0.3 is 15.2 Å². The second kappa shape index (κ2) is 9.73. The number of carboxylic acids is 1. The second-order valence-corrected chi connectivity index (χ2v) is 8.02. The molecule has 5 nitrogen and oxygen atoms in total. The zero-order valence-corrected chi connectivity index (χ0v) is 18.0. The number of carbonyl (C=O) groups excluding carboxylic acids is 1. The maximum atomic E-state index is 14.1. The Kier molecular flexibility index (Phi) is 6.72. The molecule has 3 aromatic carbocycles. The average Bonchev–Trinajstić information content (AvgIpc) is 3.16. The first-order valence-corrected chi connectivity index (χ1v) is 10.5. The quantitative estimate of drug-likeness (QED) is 0.267. The highest BCUT2D eigenvalue weighted by molar-refractivity contribution is 5.79. The molecule has 10 heteroatoms. The van der Waals surface area contributed by atoms with Crippen molar-refractivity contribution < 1.29 is 41.4 Å². The molecule has 0 saturated carbocycles. The van der Waals surface area contributed by atoms with E-state index in [0.29, 0.717) is 0 Å². The van der Waals surface area contributed by atoms with Crippen LogP contribution in [-0.4, -0.2) is 29.8 Å². The number of fused-ring (bicyclic) bond motifs is 3. The van der Waals surface area contributed by atoms with Crippen molar-refractivity contribution >= 4 is 12.1 Å². The van der Waals surface area contributed by atoms with Gasteiger partial charge in [0.25, 0.3) is 0 Å². The normalized spacial score (nSPS) is 13.2. The van der Waals surface area contributed by atoms with Gasteiger partial charge in [-0.3, -0.25) is 4.79 Å². The third-order valence-corrected chi connectivity index (χ3v) is 5.84. The van der Waals surface area contributed by atoms with E-state index in [2.05, 4.69) is 5.32 Å². The van der Waals surface area contributed by atoms with Crippen LogP contribution in [0, 0.1) is 29.1 Å². The minimum absolute atomic E-state index is 0.123. The number of nitrogens with one attached hydrogen (secondary N) is 1. The molecule has 1 atom stereocenters. The molecule has 0 heterocycles. The Morgan fingerprint density at radius 2 is 1.31 bits per heavy atom. The van der Waals surface area contributed by atoms with Crippen LogP contribution in [0.3, 0.4) is 0 Å². The van der Waals surface area contributed by atoms with Gasteiger partial charge in [0, 0.05) is 17.5 Å². The van der Waals surface area contributed by atoms with Crippen LogP contribution in [0.1, 0.15) is 29.0 Å². The van der Waals surface area contributed by atoms with Crippen molar-refractivity contribution in [3.05, 3.63) is 94.3 Å². The van der Waals surface area contributed by atoms with E-state index in [1.54, 1.807) is 0 Å². The number of carbonyl (C=O) groups is 2. The largest absolute Gasteiger partial charge is 0.481 e. The first-order chi connectivity index (χ1) is 16.7. The van der Waals surface area contributed by atoms with Crippen LogP contribution in [0.15, 0.2) is 48.5 Å².